The summed E-state index contributed by atoms with van der Waals surface area (Å²) in [6.45, 7) is 2.78. The highest BCUT2D eigenvalue weighted by Crippen LogP contribution is 2.32. The van der Waals surface area contributed by atoms with Gasteiger partial charge in [-0.3, -0.25) is 4.79 Å². The molecule has 4 aromatic rings. The zero-order valence-corrected chi connectivity index (χ0v) is 18.5. The number of anilines is 1. The number of nitrogens with two attached hydrogens (primary N) is 1. The Morgan fingerprint density at radius 2 is 2.03 bits per heavy atom. The first kappa shape index (κ1) is 21.9. The summed E-state index contributed by atoms with van der Waals surface area (Å²) < 4.78 is 22.3. The van der Waals surface area contributed by atoms with Crippen molar-refractivity contribution in [3.63, 3.8) is 0 Å². The lowest BCUT2D eigenvalue weighted by Crippen LogP contribution is -2.19. The largest absolute Gasteiger partial charge is 0.494 e. The van der Waals surface area contributed by atoms with Crippen molar-refractivity contribution >= 4 is 17.9 Å². The second-order valence-corrected chi connectivity index (χ2v) is 7.36. The van der Waals surface area contributed by atoms with Gasteiger partial charge in [0.2, 0.25) is 18.4 Å². The van der Waals surface area contributed by atoms with E-state index in [0.717, 1.165) is 6.42 Å². The van der Waals surface area contributed by atoms with Crippen LogP contribution in [-0.2, 0) is 0 Å². The average Bonchev–Trinajstić information content (AvgIpc) is 3.62. The van der Waals surface area contributed by atoms with Crippen LogP contribution in [0.1, 0.15) is 29.4 Å². The van der Waals surface area contributed by atoms with Gasteiger partial charge in [-0.05, 0) is 64.8 Å². The molecule has 1 aliphatic heterocycles. The van der Waals surface area contributed by atoms with Crippen LogP contribution in [0.2, 0.25) is 0 Å². The van der Waals surface area contributed by atoms with Gasteiger partial charge in [0.05, 0.1) is 12.8 Å². The molecule has 0 unspecified atom stereocenters. The fraction of sp³-hybridized carbons (Fsp3) is 0.182. The molecule has 0 saturated carbocycles. The molecular weight excluding hydrogens is 456 g/mol. The predicted octanol–water partition coefficient (Wildman–Crippen LogP) is 2.18. The maximum absolute atomic E-state index is 13.0. The van der Waals surface area contributed by atoms with Gasteiger partial charge in [0.1, 0.15) is 11.4 Å². The Balaban J connectivity index is 1.42. The van der Waals surface area contributed by atoms with Crippen LogP contribution in [0, 0.1) is 0 Å². The van der Waals surface area contributed by atoms with Crippen molar-refractivity contribution in [1.82, 2.24) is 30.7 Å². The number of aromatic nitrogens is 5. The Hall–Kier alpha value is -4.94. The third-order valence-corrected chi connectivity index (χ3v) is 4.96. The summed E-state index contributed by atoms with van der Waals surface area (Å²) in [5.41, 5.74) is 9.96. The molecule has 0 aliphatic carbocycles. The number of rotatable bonds is 8. The number of hydrogen-bond donors (Lipinski definition) is 2. The molecule has 0 spiro atoms. The minimum absolute atomic E-state index is 0.00235. The number of carbonyl (C=O) groups excluding carboxylic acids is 1. The molecule has 3 heterocycles. The van der Waals surface area contributed by atoms with E-state index in [0.29, 0.717) is 40.7 Å². The quantitative estimate of drug-likeness (QED) is 0.284. The SMILES string of the molecule is CCCOc1ccc(-c2c(C(=O)N/N=C\c3ccc4c(c3)OCO4)nnn2-c2nonc2N)cc1. The summed E-state index contributed by atoms with van der Waals surface area (Å²) in [6, 6.07) is 12.4. The van der Waals surface area contributed by atoms with Crippen molar-refractivity contribution in [2.45, 2.75) is 13.3 Å². The summed E-state index contributed by atoms with van der Waals surface area (Å²) in [6.07, 6.45) is 2.36. The summed E-state index contributed by atoms with van der Waals surface area (Å²) in [7, 11) is 0. The molecule has 35 heavy (non-hydrogen) atoms. The molecule has 0 atom stereocenters. The number of ether oxygens (including phenoxy) is 3. The van der Waals surface area contributed by atoms with Gasteiger partial charge in [0, 0.05) is 5.56 Å². The molecule has 2 aromatic carbocycles. The molecular formula is C22H20N8O5. The van der Waals surface area contributed by atoms with E-state index in [9.17, 15) is 4.79 Å². The van der Waals surface area contributed by atoms with E-state index < -0.39 is 5.91 Å². The Morgan fingerprint density at radius 1 is 1.20 bits per heavy atom. The molecule has 0 saturated heterocycles. The third-order valence-electron chi connectivity index (χ3n) is 4.96. The van der Waals surface area contributed by atoms with Crippen molar-refractivity contribution in [1.29, 1.82) is 0 Å². The summed E-state index contributed by atoms with van der Waals surface area (Å²) in [5, 5.41) is 19.5. The zero-order valence-electron chi connectivity index (χ0n) is 18.5. The van der Waals surface area contributed by atoms with Gasteiger partial charge in [0.15, 0.2) is 17.2 Å². The molecule has 0 fully saturated rings. The molecule has 5 rings (SSSR count). The molecule has 178 valence electrons. The Kier molecular flexibility index (Phi) is 5.94. The van der Waals surface area contributed by atoms with Crippen LogP contribution in [0.15, 0.2) is 52.2 Å². The van der Waals surface area contributed by atoms with Crippen molar-refractivity contribution in [2.24, 2.45) is 5.10 Å². The first-order chi connectivity index (χ1) is 17.1. The van der Waals surface area contributed by atoms with E-state index in [2.05, 4.69) is 31.2 Å². The number of nitrogens with zero attached hydrogens (tertiary/aromatic N) is 6. The van der Waals surface area contributed by atoms with Gasteiger partial charge < -0.3 is 19.9 Å². The molecule has 13 nitrogen and oxygen atoms in total. The van der Waals surface area contributed by atoms with Gasteiger partial charge in [0.25, 0.3) is 5.91 Å². The van der Waals surface area contributed by atoms with Gasteiger partial charge in [-0.15, -0.1) is 5.10 Å². The number of hydrazone groups is 1. The maximum atomic E-state index is 13.0. The van der Waals surface area contributed by atoms with Crippen molar-refractivity contribution in [2.75, 3.05) is 19.1 Å². The molecule has 1 aliphatic rings. The van der Waals surface area contributed by atoms with Crippen molar-refractivity contribution in [3.05, 3.63) is 53.7 Å². The van der Waals surface area contributed by atoms with E-state index >= 15 is 0 Å². The average molecular weight is 476 g/mol. The van der Waals surface area contributed by atoms with Gasteiger partial charge in [-0.1, -0.05) is 12.1 Å². The van der Waals surface area contributed by atoms with Crippen LogP contribution in [0.3, 0.4) is 0 Å². The third kappa shape index (κ3) is 4.46. The van der Waals surface area contributed by atoms with Gasteiger partial charge >= 0.3 is 0 Å². The topological polar surface area (TPSA) is 165 Å². The normalized spacial score (nSPS) is 12.3. The molecule has 0 bridgehead atoms. The number of benzene rings is 2. The highest BCUT2D eigenvalue weighted by Gasteiger charge is 2.25. The van der Waals surface area contributed by atoms with Gasteiger partial charge in [-0.25, -0.2) is 10.1 Å². The molecule has 2 aromatic heterocycles. The highest BCUT2D eigenvalue weighted by molar-refractivity contribution is 5.98. The highest BCUT2D eigenvalue weighted by atomic mass is 16.7. The lowest BCUT2D eigenvalue weighted by atomic mass is 10.1. The van der Waals surface area contributed by atoms with Crippen LogP contribution >= 0.6 is 0 Å². The lowest BCUT2D eigenvalue weighted by Gasteiger charge is -2.08. The summed E-state index contributed by atoms with van der Waals surface area (Å²) in [4.78, 5) is 13.0. The van der Waals surface area contributed by atoms with E-state index in [1.54, 1.807) is 42.5 Å². The Labute approximate surface area is 198 Å². The van der Waals surface area contributed by atoms with Crippen LogP contribution in [0.25, 0.3) is 17.1 Å². The van der Waals surface area contributed by atoms with Crippen LogP contribution in [-0.4, -0.2) is 50.8 Å². The standard InChI is InChI=1S/C22H20N8O5/c1-2-9-32-15-6-4-14(5-7-15)19-18(25-29-30(19)21-20(23)27-35-28-21)22(31)26-24-11-13-3-8-16-17(10-13)34-12-33-16/h3-8,10-11H,2,9,12H2,1H3,(H2,23,27)(H,26,31)/b24-11-. The first-order valence-electron chi connectivity index (χ1n) is 10.6. The van der Waals surface area contributed by atoms with Crippen LogP contribution < -0.4 is 25.4 Å². The summed E-state index contributed by atoms with van der Waals surface area (Å²) >= 11 is 0. The van der Waals surface area contributed by atoms with E-state index in [4.69, 9.17) is 24.6 Å². The number of carbonyl (C=O) groups is 1. The second kappa shape index (κ2) is 9.51. The number of hydrogen-bond acceptors (Lipinski definition) is 11. The molecule has 13 heteroatoms. The smallest absolute Gasteiger partial charge is 0.294 e. The van der Waals surface area contributed by atoms with E-state index in [1.807, 2.05) is 6.92 Å². The number of amides is 1. The number of nitrogen functional groups attached to an aromatic ring is 1. The first-order valence-corrected chi connectivity index (χ1v) is 10.6. The fourth-order valence-electron chi connectivity index (χ4n) is 3.32. The predicted molar refractivity (Wildman–Crippen MR) is 122 cm³/mol. The molecule has 1 amide bonds. The maximum Gasteiger partial charge on any atom is 0.294 e. The Morgan fingerprint density at radius 3 is 2.80 bits per heavy atom. The Bertz CT molecular complexity index is 1380. The van der Waals surface area contributed by atoms with Crippen molar-refractivity contribution in [3.8, 4) is 34.3 Å². The monoisotopic (exact) mass is 476 g/mol. The number of fused-ring (bicyclic) bond motifs is 1. The van der Waals surface area contributed by atoms with Crippen LogP contribution in [0.4, 0.5) is 5.82 Å². The molecule has 0 radical (unpaired) electrons. The lowest BCUT2D eigenvalue weighted by molar-refractivity contribution is 0.0950. The fourth-order valence-corrected chi connectivity index (χ4v) is 3.32. The van der Waals surface area contributed by atoms with Crippen LogP contribution in [0.5, 0.6) is 17.2 Å². The minimum Gasteiger partial charge on any atom is -0.494 e. The number of nitrogens with one attached hydrogen (secondary N) is 1. The molecule has 3 N–H and O–H groups in total. The summed E-state index contributed by atoms with van der Waals surface area (Å²) in [5.74, 6) is 1.45. The van der Waals surface area contributed by atoms with E-state index in [1.165, 1.54) is 10.9 Å². The second-order valence-electron chi connectivity index (χ2n) is 7.36. The van der Waals surface area contributed by atoms with E-state index in [-0.39, 0.29) is 24.1 Å². The van der Waals surface area contributed by atoms with Crippen molar-refractivity contribution < 1.29 is 23.6 Å². The van der Waals surface area contributed by atoms with Gasteiger partial charge in [-0.2, -0.15) is 9.78 Å². The minimum atomic E-state index is -0.593. The zero-order chi connectivity index (χ0) is 24.2.